The van der Waals surface area contributed by atoms with E-state index in [1.807, 2.05) is 0 Å². The van der Waals surface area contributed by atoms with Crippen molar-refractivity contribution in [2.24, 2.45) is 0 Å². The molecule has 0 aliphatic carbocycles. The zero-order chi connectivity index (χ0) is 20.0. The second-order valence-electron chi connectivity index (χ2n) is 5.78. The Balaban J connectivity index is 1.91. The molecule has 0 bridgehead atoms. The molecule has 0 spiro atoms. The van der Waals surface area contributed by atoms with Crippen molar-refractivity contribution in [3.8, 4) is 0 Å². The maximum absolute atomic E-state index is 12.1. The molecule has 0 saturated heterocycles. The predicted octanol–water partition coefficient (Wildman–Crippen LogP) is 1.99. The number of carbonyl (C=O) groups is 2. The van der Waals surface area contributed by atoms with E-state index >= 15 is 0 Å². The predicted molar refractivity (Wildman–Crippen MR) is 103 cm³/mol. The second kappa shape index (κ2) is 9.31. The smallest absolute Gasteiger partial charge is 0.292 e. The fourth-order valence-corrected chi connectivity index (χ4v) is 2.84. The number of benzene rings is 2. The van der Waals surface area contributed by atoms with Gasteiger partial charge in [0.15, 0.2) is 13.1 Å². The van der Waals surface area contributed by atoms with E-state index in [4.69, 9.17) is 23.2 Å². The van der Waals surface area contributed by atoms with E-state index in [2.05, 4.69) is 10.6 Å². The number of nitro groups is 1. The van der Waals surface area contributed by atoms with Gasteiger partial charge in [-0.25, -0.2) is 0 Å². The molecular weight excluding hydrogens is 395 g/mol. The molecule has 0 saturated carbocycles. The first kappa shape index (κ1) is 20.6. The van der Waals surface area contributed by atoms with Crippen LogP contribution in [-0.2, 0) is 9.59 Å². The van der Waals surface area contributed by atoms with E-state index < -0.39 is 10.8 Å². The van der Waals surface area contributed by atoms with Crippen molar-refractivity contribution in [2.45, 2.75) is 0 Å². The highest BCUT2D eigenvalue weighted by molar-refractivity contribution is 6.39. The lowest BCUT2D eigenvalue weighted by atomic mass is 10.2. The summed E-state index contributed by atoms with van der Waals surface area (Å²) in [5, 5.41) is 16.7. The summed E-state index contributed by atoms with van der Waals surface area (Å²) < 4.78 is 0. The Morgan fingerprint density at radius 1 is 1.00 bits per heavy atom. The molecule has 2 rings (SSSR count). The van der Waals surface area contributed by atoms with Crippen LogP contribution < -0.4 is 15.5 Å². The molecule has 10 heteroatoms. The lowest BCUT2D eigenvalue weighted by molar-refractivity contribution is -0.862. The minimum atomic E-state index is -0.576. The number of amides is 2. The van der Waals surface area contributed by atoms with E-state index in [0.29, 0.717) is 20.6 Å². The number of hydrogen-bond acceptors (Lipinski definition) is 4. The van der Waals surface area contributed by atoms with Crippen molar-refractivity contribution < 1.29 is 19.4 Å². The molecule has 1 atom stereocenters. The standard InChI is InChI=1S/C17H16Cl2N4O4/c1-22(10-16(25)21-17-11(18)5-4-6-12(17)19)9-15(24)20-13-7-2-3-8-14(13)23(26)27/h2-8H,9-10H2,1H3,(H,20,24)(H,21,25)/p+1. The largest absolute Gasteiger partial charge is 0.322 e. The first-order chi connectivity index (χ1) is 12.8. The fourth-order valence-electron chi connectivity index (χ4n) is 2.34. The number of rotatable bonds is 7. The molecular formula is C17H17Cl2N4O4+. The number of para-hydroxylation sites is 3. The van der Waals surface area contributed by atoms with Gasteiger partial charge in [-0.15, -0.1) is 0 Å². The number of nitrogens with zero attached hydrogens (tertiary/aromatic N) is 1. The van der Waals surface area contributed by atoms with Crippen molar-refractivity contribution in [1.82, 2.24) is 0 Å². The Morgan fingerprint density at radius 3 is 2.15 bits per heavy atom. The topological polar surface area (TPSA) is 106 Å². The molecule has 0 fully saturated rings. The molecule has 2 aromatic rings. The molecule has 142 valence electrons. The summed E-state index contributed by atoms with van der Waals surface area (Å²) in [4.78, 5) is 35.2. The number of halogens is 2. The van der Waals surface area contributed by atoms with Crippen LogP contribution in [0.5, 0.6) is 0 Å². The zero-order valence-electron chi connectivity index (χ0n) is 14.3. The Kier molecular flexibility index (Phi) is 7.12. The molecule has 0 aliphatic heterocycles. The Morgan fingerprint density at radius 2 is 1.56 bits per heavy atom. The Hall–Kier alpha value is -2.68. The molecule has 27 heavy (non-hydrogen) atoms. The van der Waals surface area contributed by atoms with Crippen LogP contribution >= 0.6 is 23.2 Å². The summed E-state index contributed by atoms with van der Waals surface area (Å²) in [5.41, 5.74) is 0.213. The van der Waals surface area contributed by atoms with Crippen molar-refractivity contribution in [2.75, 3.05) is 30.8 Å². The highest BCUT2D eigenvalue weighted by atomic mass is 35.5. The second-order valence-corrected chi connectivity index (χ2v) is 6.59. The van der Waals surface area contributed by atoms with Gasteiger partial charge in [-0.05, 0) is 18.2 Å². The molecule has 0 aromatic heterocycles. The summed E-state index contributed by atoms with van der Waals surface area (Å²) in [6.07, 6.45) is 0. The summed E-state index contributed by atoms with van der Waals surface area (Å²) in [7, 11) is 1.65. The molecule has 2 aromatic carbocycles. The minimum Gasteiger partial charge on any atom is -0.322 e. The van der Waals surface area contributed by atoms with Gasteiger partial charge in [-0.2, -0.15) is 0 Å². The normalized spacial score (nSPS) is 11.5. The lowest BCUT2D eigenvalue weighted by Gasteiger charge is -2.14. The van der Waals surface area contributed by atoms with Crippen molar-refractivity contribution >= 4 is 52.1 Å². The highest BCUT2D eigenvalue weighted by Gasteiger charge is 2.19. The lowest BCUT2D eigenvalue weighted by Crippen LogP contribution is -3.11. The molecule has 2 amide bonds. The third-order valence-electron chi connectivity index (χ3n) is 3.53. The average molecular weight is 412 g/mol. The molecule has 0 aliphatic rings. The van der Waals surface area contributed by atoms with E-state index in [1.54, 1.807) is 31.3 Å². The minimum absolute atomic E-state index is 0.0220. The molecule has 0 radical (unpaired) electrons. The van der Waals surface area contributed by atoms with Crippen LogP contribution in [0.4, 0.5) is 17.1 Å². The summed E-state index contributed by atoms with van der Waals surface area (Å²) in [5.74, 6) is -0.827. The Bertz CT molecular complexity index is 856. The number of anilines is 2. The number of quaternary nitrogens is 1. The van der Waals surface area contributed by atoms with Gasteiger partial charge in [0.1, 0.15) is 5.69 Å². The fraction of sp³-hybridized carbons (Fsp3) is 0.176. The number of hydrogen-bond donors (Lipinski definition) is 3. The summed E-state index contributed by atoms with van der Waals surface area (Å²) in [6, 6.07) is 10.7. The van der Waals surface area contributed by atoms with Crippen LogP contribution in [0.3, 0.4) is 0 Å². The number of nitrogens with one attached hydrogen (secondary N) is 3. The van der Waals surface area contributed by atoms with Gasteiger partial charge < -0.3 is 15.5 Å². The first-order valence-electron chi connectivity index (χ1n) is 7.86. The van der Waals surface area contributed by atoms with Gasteiger partial charge >= 0.3 is 0 Å². The highest BCUT2D eigenvalue weighted by Crippen LogP contribution is 2.29. The molecule has 8 nitrogen and oxygen atoms in total. The molecule has 1 unspecified atom stereocenters. The summed E-state index contributed by atoms with van der Waals surface area (Å²) in [6.45, 7) is -0.0818. The Labute approximate surface area is 165 Å². The van der Waals surface area contributed by atoms with Crippen LogP contribution in [0, 0.1) is 10.1 Å². The van der Waals surface area contributed by atoms with Crippen LogP contribution in [-0.4, -0.2) is 36.9 Å². The zero-order valence-corrected chi connectivity index (χ0v) is 15.8. The first-order valence-corrected chi connectivity index (χ1v) is 8.62. The van der Waals surface area contributed by atoms with Crippen LogP contribution in [0.1, 0.15) is 0 Å². The average Bonchev–Trinajstić information content (AvgIpc) is 2.58. The van der Waals surface area contributed by atoms with Gasteiger partial charge in [0.25, 0.3) is 17.5 Å². The van der Waals surface area contributed by atoms with Gasteiger partial charge in [-0.1, -0.05) is 41.4 Å². The molecule has 3 N–H and O–H groups in total. The van der Waals surface area contributed by atoms with E-state index in [1.165, 1.54) is 18.2 Å². The van der Waals surface area contributed by atoms with Crippen LogP contribution in [0.2, 0.25) is 10.0 Å². The van der Waals surface area contributed by atoms with Crippen molar-refractivity contribution in [1.29, 1.82) is 0 Å². The monoisotopic (exact) mass is 411 g/mol. The number of nitro benzene ring substituents is 1. The number of likely N-dealkylation sites (N-methyl/N-ethyl adjacent to an activating group) is 1. The van der Waals surface area contributed by atoms with Gasteiger partial charge in [0.2, 0.25) is 0 Å². The SMILES string of the molecule is C[NH+](CC(=O)Nc1ccccc1[N+](=O)[O-])CC(=O)Nc1c(Cl)cccc1Cl. The molecule has 0 heterocycles. The third kappa shape index (κ3) is 5.92. The number of carbonyl (C=O) groups excluding carboxylic acids is 2. The maximum atomic E-state index is 12.1. The van der Waals surface area contributed by atoms with E-state index in [9.17, 15) is 19.7 Å². The quantitative estimate of drug-likeness (QED) is 0.478. The van der Waals surface area contributed by atoms with Gasteiger partial charge in [0.05, 0.1) is 27.7 Å². The third-order valence-corrected chi connectivity index (χ3v) is 4.16. The van der Waals surface area contributed by atoms with Crippen LogP contribution in [0.15, 0.2) is 42.5 Å². The maximum Gasteiger partial charge on any atom is 0.292 e. The van der Waals surface area contributed by atoms with Crippen LogP contribution in [0.25, 0.3) is 0 Å². The van der Waals surface area contributed by atoms with Crippen molar-refractivity contribution in [3.63, 3.8) is 0 Å². The van der Waals surface area contributed by atoms with Gasteiger partial charge in [0, 0.05) is 6.07 Å². The summed E-state index contributed by atoms with van der Waals surface area (Å²) >= 11 is 12.0. The van der Waals surface area contributed by atoms with E-state index in [-0.39, 0.29) is 30.4 Å². The van der Waals surface area contributed by atoms with E-state index in [0.717, 1.165) is 0 Å². The van der Waals surface area contributed by atoms with Crippen molar-refractivity contribution in [3.05, 3.63) is 62.6 Å². The van der Waals surface area contributed by atoms with Gasteiger partial charge in [-0.3, -0.25) is 19.7 Å².